The Labute approximate surface area is 99.3 Å². The van der Waals surface area contributed by atoms with E-state index in [1.165, 1.54) is 0 Å². The lowest BCUT2D eigenvalue weighted by Crippen LogP contribution is -2.28. The molecule has 5 heteroatoms. The number of rotatable bonds is 4. The van der Waals surface area contributed by atoms with E-state index in [0.717, 1.165) is 12.1 Å². The molecule has 0 aliphatic carbocycles. The molecule has 88 valence electrons. The summed E-state index contributed by atoms with van der Waals surface area (Å²) in [7, 11) is 0. The fraction of sp³-hybridized carbons (Fsp3) is 0.250. The third-order valence-corrected chi connectivity index (χ3v) is 2.55. The highest BCUT2D eigenvalue weighted by Gasteiger charge is 2.14. The van der Waals surface area contributed by atoms with Crippen molar-refractivity contribution in [3.63, 3.8) is 0 Å². The lowest BCUT2D eigenvalue weighted by Gasteiger charge is -2.15. The van der Waals surface area contributed by atoms with E-state index in [1.54, 1.807) is 30.7 Å². The second-order valence-electron chi connectivity index (χ2n) is 3.68. The van der Waals surface area contributed by atoms with E-state index in [-0.39, 0.29) is 11.9 Å². The Balaban J connectivity index is 2.08. The number of aromatic amines is 1. The van der Waals surface area contributed by atoms with Crippen molar-refractivity contribution in [3.8, 4) is 0 Å². The molecule has 0 unspecified atom stereocenters. The molecule has 0 aromatic carbocycles. The molecule has 0 bridgehead atoms. The van der Waals surface area contributed by atoms with Crippen LogP contribution in [0.25, 0.3) is 0 Å². The van der Waals surface area contributed by atoms with E-state index in [2.05, 4.69) is 20.5 Å². The van der Waals surface area contributed by atoms with Crippen molar-refractivity contribution >= 4 is 5.91 Å². The molecule has 5 nitrogen and oxygen atoms in total. The second-order valence-corrected chi connectivity index (χ2v) is 3.68. The highest BCUT2D eigenvalue weighted by atomic mass is 16.1. The number of carbonyl (C=O) groups is 1. The summed E-state index contributed by atoms with van der Waals surface area (Å²) in [4.78, 5) is 15.8. The standard InChI is InChI=1S/C12H14N4O/c1-2-10(11-5-8-14-16-11)15-12(17)9-3-6-13-7-4-9/h3-8,10H,2H2,1H3,(H,14,16)(H,15,17)/t10-/m0/s1. The van der Waals surface area contributed by atoms with Crippen LogP contribution in [0.3, 0.4) is 0 Å². The van der Waals surface area contributed by atoms with Gasteiger partial charge in [-0.3, -0.25) is 14.9 Å². The van der Waals surface area contributed by atoms with Gasteiger partial charge in [-0.1, -0.05) is 6.92 Å². The average molecular weight is 230 g/mol. The maximum absolute atomic E-state index is 11.9. The predicted octanol–water partition coefficient (Wildman–Crippen LogP) is 1.69. The Hall–Kier alpha value is -2.17. The van der Waals surface area contributed by atoms with Crippen LogP contribution in [0.2, 0.25) is 0 Å². The predicted molar refractivity (Wildman–Crippen MR) is 63.3 cm³/mol. The molecule has 1 atom stereocenters. The summed E-state index contributed by atoms with van der Waals surface area (Å²) in [6.07, 6.45) is 5.69. The molecule has 0 aliphatic rings. The van der Waals surface area contributed by atoms with Gasteiger partial charge >= 0.3 is 0 Å². The smallest absolute Gasteiger partial charge is 0.251 e. The van der Waals surface area contributed by atoms with Gasteiger partial charge in [0.1, 0.15) is 0 Å². The Morgan fingerprint density at radius 3 is 2.71 bits per heavy atom. The number of H-pyrrole nitrogens is 1. The summed E-state index contributed by atoms with van der Waals surface area (Å²) >= 11 is 0. The van der Waals surface area contributed by atoms with Crippen molar-refractivity contribution in [2.75, 3.05) is 0 Å². The number of nitrogens with one attached hydrogen (secondary N) is 2. The molecule has 0 fully saturated rings. The molecule has 1 amide bonds. The van der Waals surface area contributed by atoms with Crippen LogP contribution in [0.1, 0.15) is 35.4 Å². The number of nitrogens with zero attached hydrogens (tertiary/aromatic N) is 2. The van der Waals surface area contributed by atoms with Crippen molar-refractivity contribution in [3.05, 3.63) is 48.0 Å². The van der Waals surface area contributed by atoms with Crippen molar-refractivity contribution in [1.29, 1.82) is 0 Å². The van der Waals surface area contributed by atoms with Gasteiger partial charge in [-0.15, -0.1) is 0 Å². The fourth-order valence-electron chi connectivity index (χ4n) is 1.61. The topological polar surface area (TPSA) is 70.7 Å². The Kier molecular flexibility index (Phi) is 3.49. The normalized spacial score (nSPS) is 12.1. The lowest BCUT2D eigenvalue weighted by molar-refractivity contribution is 0.0934. The highest BCUT2D eigenvalue weighted by molar-refractivity contribution is 5.94. The van der Waals surface area contributed by atoms with Gasteiger partial charge in [0.25, 0.3) is 5.91 Å². The van der Waals surface area contributed by atoms with Crippen LogP contribution in [-0.2, 0) is 0 Å². The van der Waals surface area contributed by atoms with E-state index < -0.39 is 0 Å². The van der Waals surface area contributed by atoms with Gasteiger partial charge < -0.3 is 5.32 Å². The van der Waals surface area contributed by atoms with Crippen molar-refractivity contribution < 1.29 is 4.79 Å². The summed E-state index contributed by atoms with van der Waals surface area (Å²) in [6.45, 7) is 2.01. The van der Waals surface area contributed by atoms with E-state index >= 15 is 0 Å². The van der Waals surface area contributed by atoms with E-state index in [0.29, 0.717) is 5.56 Å². The first-order chi connectivity index (χ1) is 8.31. The number of pyridine rings is 1. The van der Waals surface area contributed by atoms with Gasteiger partial charge in [0, 0.05) is 24.2 Å². The lowest BCUT2D eigenvalue weighted by atomic mass is 10.1. The minimum Gasteiger partial charge on any atom is -0.344 e. The van der Waals surface area contributed by atoms with Crippen LogP contribution < -0.4 is 5.32 Å². The summed E-state index contributed by atoms with van der Waals surface area (Å²) in [5.74, 6) is -0.103. The van der Waals surface area contributed by atoms with E-state index in [1.807, 2.05) is 13.0 Å². The molecule has 2 aromatic heterocycles. The molecule has 0 saturated heterocycles. The van der Waals surface area contributed by atoms with Crippen LogP contribution in [0.15, 0.2) is 36.8 Å². The number of amides is 1. The summed E-state index contributed by atoms with van der Waals surface area (Å²) in [5, 5.41) is 9.70. The van der Waals surface area contributed by atoms with Crippen molar-refractivity contribution in [2.24, 2.45) is 0 Å². The SMILES string of the molecule is CC[C@H](NC(=O)c1ccncc1)c1ccn[nH]1. The Bertz CT molecular complexity index is 467. The van der Waals surface area contributed by atoms with Gasteiger partial charge in [-0.2, -0.15) is 5.10 Å². The molecule has 2 aromatic rings. The van der Waals surface area contributed by atoms with Crippen LogP contribution in [0.4, 0.5) is 0 Å². The van der Waals surface area contributed by atoms with Crippen LogP contribution in [-0.4, -0.2) is 21.1 Å². The third kappa shape index (κ3) is 2.69. The monoisotopic (exact) mass is 230 g/mol. The van der Waals surface area contributed by atoms with Crippen LogP contribution in [0, 0.1) is 0 Å². The molecule has 2 heterocycles. The molecule has 0 saturated carbocycles. The molecule has 0 spiro atoms. The minimum atomic E-state index is -0.103. The van der Waals surface area contributed by atoms with Crippen molar-refractivity contribution in [2.45, 2.75) is 19.4 Å². The molecule has 2 rings (SSSR count). The van der Waals surface area contributed by atoms with Gasteiger partial charge in [0.05, 0.1) is 11.7 Å². The minimum absolute atomic E-state index is 0.0434. The van der Waals surface area contributed by atoms with Gasteiger partial charge in [-0.25, -0.2) is 0 Å². The molecular weight excluding hydrogens is 216 g/mol. The zero-order valence-electron chi connectivity index (χ0n) is 9.55. The zero-order chi connectivity index (χ0) is 12.1. The first-order valence-corrected chi connectivity index (χ1v) is 5.51. The third-order valence-electron chi connectivity index (χ3n) is 2.55. The molecule has 17 heavy (non-hydrogen) atoms. The fourth-order valence-corrected chi connectivity index (χ4v) is 1.61. The second kappa shape index (κ2) is 5.25. The summed E-state index contributed by atoms with van der Waals surface area (Å²) in [6, 6.07) is 5.20. The number of hydrogen-bond donors (Lipinski definition) is 2. The van der Waals surface area contributed by atoms with Crippen molar-refractivity contribution in [1.82, 2.24) is 20.5 Å². The first kappa shape index (κ1) is 11.3. The highest BCUT2D eigenvalue weighted by Crippen LogP contribution is 2.13. The molecular formula is C12H14N4O. The van der Waals surface area contributed by atoms with E-state index in [4.69, 9.17) is 0 Å². The first-order valence-electron chi connectivity index (χ1n) is 5.51. The molecule has 0 radical (unpaired) electrons. The van der Waals surface area contributed by atoms with E-state index in [9.17, 15) is 4.79 Å². The maximum atomic E-state index is 11.9. The maximum Gasteiger partial charge on any atom is 0.251 e. The van der Waals surface area contributed by atoms with Gasteiger partial charge in [0.2, 0.25) is 0 Å². The zero-order valence-corrected chi connectivity index (χ0v) is 9.55. The van der Waals surface area contributed by atoms with Crippen LogP contribution >= 0.6 is 0 Å². The average Bonchev–Trinajstić information content (AvgIpc) is 2.90. The molecule has 2 N–H and O–H groups in total. The summed E-state index contributed by atoms with van der Waals surface area (Å²) < 4.78 is 0. The summed E-state index contributed by atoms with van der Waals surface area (Å²) in [5.41, 5.74) is 1.52. The van der Waals surface area contributed by atoms with Crippen LogP contribution in [0.5, 0.6) is 0 Å². The Morgan fingerprint density at radius 2 is 2.12 bits per heavy atom. The quantitative estimate of drug-likeness (QED) is 0.839. The number of aromatic nitrogens is 3. The number of hydrogen-bond acceptors (Lipinski definition) is 3. The Morgan fingerprint density at radius 1 is 1.35 bits per heavy atom. The van der Waals surface area contributed by atoms with Gasteiger partial charge in [0.15, 0.2) is 0 Å². The van der Waals surface area contributed by atoms with Gasteiger partial charge in [-0.05, 0) is 24.6 Å². The molecule has 0 aliphatic heterocycles. The number of carbonyl (C=O) groups excluding carboxylic acids is 1. The largest absolute Gasteiger partial charge is 0.344 e.